The van der Waals surface area contributed by atoms with Gasteiger partial charge < -0.3 is 19.1 Å². The molecule has 2 heterocycles. The first-order chi connectivity index (χ1) is 28.4. The Bertz CT molecular complexity index is 2010. The molecule has 0 saturated carbocycles. The first kappa shape index (κ1) is 60.4. The van der Waals surface area contributed by atoms with E-state index in [1.165, 1.54) is 72.6 Å². The van der Waals surface area contributed by atoms with E-state index in [0.717, 1.165) is 5.06 Å². The largest absolute Gasteiger partial charge is 0.420 e. The van der Waals surface area contributed by atoms with Crippen molar-refractivity contribution in [1.82, 2.24) is 9.96 Å². The summed E-state index contributed by atoms with van der Waals surface area (Å²) in [5.41, 5.74) is -2.67. The number of aryl methyl sites for hydroxylation is 1. The number of carbonyl (C=O) groups is 6. The number of benzene rings is 2. The van der Waals surface area contributed by atoms with Gasteiger partial charge in [-0.3, -0.25) is 28.9 Å². The molecule has 0 aromatic heterocycles. The predicted octanol–water partition coefficient (Wildman–Crippen LogP) is 9.18. The van der Waals surface area contributed by atoms with E-state index in [1.54, 1.807) is 20.8 Å². The van der Waals surface area contributed by atoms with E-state index in [1.807, 2.05) is 20.8 Å². The molecule has 13 nitrogen and oxygen atoms in total. The van der Waals surface area contributed by atoms with Gasteiger partial charge in [-0.05, 0) is 108 Å². The highest BCUT2D eigenvalue weighted by molar-refractivity contribution is 6.13. The van der Waals surface area contributed by atoms with E-state index in [0.29, 0.717) is 24.6 Å². The molecule has 0 atom stereocenters. The normalized spacial score (nSPS) is 13.5. The molecule has 360 valence electrons. The molecule has 0 bridgehead atoms. The number of hydrogen-bond donors (Lipinski definition) is 1. The van der Waals surface area contributed by atoms with Gasteiger partial charge in [-0.15, -0.1) is 5.06 Å². The van der Waals surface area contributed by atoms with Crippen LogP contribution >= 0.6 is 0 Å². The minimum Gasteiger partial charge on any atom is -0.420 e. The fourth-order valence-corrected chi connectivity index (χ4v) is 3.98. The summed E-state index contributed by atoms with van der Waals surface area (Å²) in [5.74, 6) is -16.0. The smallest absolute Gasteiger partial charge is 0.338 e. The number of allylic oxidation sites excluding steroid dienone is 1. The lowest BCUT2D eigenvalue weighted by Gasteiger charge is -2.29. The fourth-order valence-electron chi connectivity index (χ4n) is 3.98. The van der Waals surface area contributed by atoms with Crippen LogP contribution in [0.5, 0.6) is 11.5 Å². The average molecular weight is 928 g/mol. The topological polar surface area (TPSA) is 172 Å². The zero-order valence-electron chi connectivity index (χ0n) is 37.4. The summed E-state index contributed by atoms with van der Waals surface area (Å²) in [5, 5.41) is 1.01. The molecule has 1 saturated heterocycles. The lowest BCUT2D eigenvalue weighted by Crippen LogP contribution is -2.45. The summed E-state index contributed by atoms with van der Waals surface area (Å²) in [6.07, 6.45) is 3.54. The zero-order chi connectivity index (χ0) is 49.9. The Morgan fingerprint density at radius 1 is 0.609 bits per heavy atom. The van der Waals surface area contributed by atoms with E-state index >= 15 is 0 Å². The van der Waals surface area contributed by atoms with Gasteiger partial charge in [0.2, 0.25) is 46.4 Å². The Balaban J connectivity index is 0. The Morgan fingerprint density at radius 3 is 1.25 bits per heavy atom. The number of ether oxygens (including phenoxy) is 2. The summed E-state index contributed by atoms with van der Waals surface area (Å²) in [7, 11) is 1.40. The first-order valence-electron chi connectivity index (χ1n) is 18.5. The lowest BCUT2D eigenvalue weighted by atomic mass is 9.97. The van der Waals surface area contributed by atoms with Crippen molar-refractivity contribution in [3.8, 4) is 11.5 Å². The average Bonchev–Trinajstić information content (AvgIpc) is 3.66. The second-order valence-corrected chi connectivity index (χ2v) is 17.4. The Labute approximate surface area is 367 Å². The third kappa shape index (κ3) is 17.1. The Kier molecular flexibility index (Phi) is 22.5. The maximum absolute atomic E-state index is 13.5. The molecule has 3 amide bonds. The van der Waals surface area contributed by atoms with Crippen LogP contribution in [0.15, 0.2) is 30.5 Å². The number of esters is 2. The number of amides is 3. The van der Waals surface area contributed by atoms with E-state index in [4.69, 9.17) is 4.84 Å². The molecular formula is C43H57F8N3O10. The number of hydroxylamine groups is 2. The van der Waals surface area contributed by atoms with Crippen molar-refractivity contribution in [2.24, 2.45) is 22.1 Å². The maximum atomic E-state index is 13.5. The van der Waals surface area contributed by atoms with E-state index in [9.17, 15) is 63.9 Å². The maximum Gasteiger partial charge on any atom is 0.338 e. The number of hydrogen-bond acceptors (Lipinski definition) is 11. The summed E-state index contributed by atoms with van der Waals surface area (Å²) in [6, 6.07) is 0.707. The van der Waals surface area contributed by atoms with Crippen molar-refractivity contribution >= 4 is 35.6 Å². The molecule has 2 aromatic rings. The van der Waals surface area contributed by atoms with Crippen LogP contribution in [0.4, 0.5) is 35.1 Å². The van der Waals surface area contributed by atoms with Crippen molar-refractivity contribution in [3.63, 3.8) is 0 Å². The molecular weight excluding hydrogens is 870 g/mol. The summed E-state index contributed by atoms with van der Waals surface area (Å²) in [6.45, 7) is 24.3. The number of nitrogens with zero attached hydrogens (tertiary/aromatic N) is 2. The molecule has 2 aromatic carbocycles. The molecule has 0 unspecified atom stereocenters. The third-order valence-electron chi connectivity index (χ3n) is 7.49. The van der Waals surface area contributed by atoms with Crippen LogP contribution in [0.25, 0.3) is 0 Å². The molecule has 64 heavy (non-hydrogen) atoms. The number of halogens is 8. The first-order valence-corrected chi connectivity index (χ1v) is 18.5. The Morgan fingerprint density at radius 2 is 0.953 bits per heavy atom. The van der Waals surface area contributed by atoms with Gasteiger partial charge in [-0.1, -0.05) is 14.0 Å². The molecule has 0 radical (unpaired) electrons. The molecule has 21 heteroatoms. The van der Waals surface area contributed by atoms with Crippen LogP contribution in [-0.2, 0) is 38.4 Å². The van der Waals surface area contributed by atoms with Crippen LogP contribution in [0.1, 0.15) is 109 Å². The second kappa shape index (κ2) is 23.8. The summed E-state index contributed by atoms with van der Waals surface area (Å²) < 4.78 is 113. The van der Waals surface area contributed by atoms with Crippen molar-refractivity contribution in [2.45, 2.75) is 116 Å². The van der Waals surface area contributed by atoms with Crippen LogP contribution in [0, 0.1) is 69.7 Å². The summed E-state index contributed by atoms with van der Waals surface area (Å²) >= 11 is 0. The predicted molar refractivity (Wildman–Crippen MR) is 217 cm³/mol. The van der Waals surface area contributed by atoms with Gasteiger partial charge in [-0.25, -0.2) is 32.6 Å². The minimum atomic E-state index is -2.31. The number of carbonyl (C=O) groups excluding carboxylic acids is 6. The second-order valence-electron chi connectivity index (χ2n) is 17.4. The quantitative estimate of drug-likeness (QED) is 0.0592. The van der Waals surface area contributed by atoms with Crippen molar-refractivity contribution in [1.29, 1.82) is 0 Å². The van der Waals surface area contributed by atoms with Gasteiger partial charge in [0.1, 0.15) is 0 Å². The molecule has 0 spiro atoms. The standard InChI is InChI=1S/C12H13F3O2.C11H9F5O2.C10H15NO3.C8H11NO2.CH5NO.CH4/c1-6-5-7(13)9(15)10(8(6)14)17-11(16)12(2,3)4;1-11(2,3)10(17)18-9-7(15)5(13)4(12)6(14)8(9)16;1-7-5-6-8(12)11(7)14-9(13)10(2,3)4;1-8(2,3)9-6(10)4-5-7(9)11;1-3-2;/h5H,1-4H3;1-3H3;1,5-6H2,2-4H3;4-5H,1-3H3;2H2,1H3;1H4. The molecule has 2 aliphatic rings. The van der Waals surface area contributed by atoms with Gasteiger partial charge in [0, 0.05) is 24.1 Å². The molecule has 2 aliphatic heterocycles. The number of imide groups is 1. The molecule has 2 N–H and O–H groups in total. The monoisotopic (exact) mass is 927 g/mol. The van der Waals surface area contributed by atoms with E-state index < -0.39 is 97.7 Å². The van der Waals surface area contributed by atoms with Gasteiger partial charge in [0.05, 0.1) is 29.1 Å². The highest BCUT2D eigenvalue weighted by Gasteiger charge is 2.35. The highest BCUT2D eigenvalue weighted by Crippen LogP contribution is 2.32. The van der Waals surface area contributed by atoms with Gasteiger partial charge >= 0.3 is 17.9 Å². The van der Waals surface area contributed by atoms with Gasteiger partial charge in [0.15, 0.2) is 11.6 Å². The fraction of sp³-hybridized carbons (Fsp3) is 0.488. The lowest BCUT2D eigenvalue weighted by molar-refractivity contribution is -0.194. The van der Waals surface area contributed by atoms with E-state index in [-0.39, 0.29) is 30.7 Å². The minimum absolute atomic E-state index is 0. The van der Waals surface area contributed by atoms with Gasteiger partial charge in [-0.2, -0.15) is 13.2 Å². The van der Waals surface area contributed by atoms with E-state index in [2.05, 4.69) is 26.8 Å². The van der Waals surface area contributed by atoms with Crippen molar-refractivity contribution < 1.29 is 83.0 Å². The number of rotatable bonds is 3. The van der Waals surface area contributed by atoms with Crippen molar-refractivity contribution in [2.75, 3.05) is 7.11 Å². The molecule has 4 rings (SSSR count). The number of nitrogens with two attached hydrogens (primary N) is 1. The van der Waals surface area contributed by atoms with Crippen LogP contribution < -0.4 is 15.4 Å². The Hall–Kier alpha value is -5.70. The zero-order valence-corrected chi connectivity index (χ0v) is 37.4. The van der Waals surface area contributed by atoms with Crippen molar-refractivity contribution in [3.05, 3.63) is 82.6 Å². The molecule has 1 fully saturated rings. The highest BCUT2D eigenvalue weighted by atomic mass is 19.2. The van der Waals surface area contributed by atoms with Crippen LogP contribution in [-0.4, -0.2) is 58.2 Å². The van der Waals surface area contributed by atoms with Crippen LogP contribution in [0.3, 0.4) is 0 Å². The van der Waals surface area contributed by atoms with Gasteiger partial charge in [0.25, 0.3) is 17.7 Å². The third-order valence-corrected chi connectivity index (χ3v) is 7.49. The van der Waals surface area contributed by atoms with Crippen LogP contribution in [0.2, 0.25) is 0 Å². The summed E-state index contributed by atoms with van der Waals surface area (Å²) in [4.78, 5) is 77.6. The molecule has 0 aliphatic carbocycles. The SMILES string of the molecule is C.C=C1CCC(=O)N1OC(=O)C(C)(C)C.CC(C)(C)C(=O)Oc1c(F)c(F)c(F)c(F)c1F.CC(C)(C)N1C(=O)C=CC1=O.CON.Cc1cc(F)c(F)c(OC(=O)C(C)(C)C)c1F.